The molecular weight excluding hydrogens is 627 g/mol. The van der Waals surface area contributed by atoms with Crippen LogP contribution in [0.4, 0.5) is 0 Å². The van der Waals surface area contributed by atoms with Gasteiger partial charge in [-0.2, -0.15) is 0 Å². The molecule has 0 amide bonds. The van der Waals surface area contributed by atoms with Gasteiger partial charge in [-0.25, -0.2) is 0 Å². The van der Waals surface area contributed by atoms with Gasteiger partial charge in [0, 0.05) is 57.3 Å². The minimum absolute atomic E-state index is 0.840. The SMILES string of the molecule is c1ccc(-c2cccc(-n3c4ccccc4c4c5oc6c(ccc7c6c6ncccc6n7-c6cccc(-c7ccccn7)c6)c5ccc43)c2)nc1. The Kier molecular flexibility index (Phi) is 5.86. The predicted octanol–water partition coefficient (Wildman–Crippen LogP) is 11.3. The topological polar surface area (TPSA) is 61.7 Å². The molecule has 0 atom stereocenters. The van der Waals surface area contributed by atoms with E-state index in [1.807, 2.05) is 61.1 Å². The molecule has 238 valence electrons. The van der Waals surface area contributed by atoms with Crippen molar-refractivity contribution in [2.45, 2.75) is 0 Å². The van der Waals surface area contributed by atoms with Gasteiger partial charge in [0.25, 0.3) is 0 Å². The average Bonchev–Trinajstić information content (AvgIpc) is 3.86. The second-order valence-electron chi connectivity index (χ2n) is 12.9. The summed E-state index contributed by atoms with van der Waals surface area (Å²) in [6.07, 6.45) is 5.53. The first kappa shape index (κ1) is 27.9. The molecule has 0 aliphatic carbocycles. The number of furan rings is 1. The first-order chi connectivity index (χ1) is 25.3. The van der Waals surface area contributed by atoms with Crippen LogP contribution >= 0.6 is 0 Å². The number of fused-ring (bicyclic) bond motifs is 11. The molecule has 51 heavy (non-hydrogen) atoms. The fraction of sp³-hybridized carbons (Fsp3) is 0. The van der Waals surface area contributed by atoms with E-state index in [0.29, 0.717) is 0 Å². The maximum Gasteiger partial charge on any atom is 0.147 e. The van der Waals surface area contributed by atoms with Crippen molar-refractivity contribution < 1.29 is 4.42 Å². The zero-order valence-electron chi connectivity index (χ0n) is 27.2. The van der Waals surface area contributed by atoms with Crippen molar-refractivity contribution in [3.05, 3.63) is 164 Å². The Morgan fingerprint density at radius 3 is 1.63 bits per heavy atom. The molecule has 0 aliphatic heterocycles. The Morgan fingerprint density at radius 2 is 0.961 bits per heavy atom. The third-order valence-corrected chi connectivity index (χ3v) is 10.1. The van der Waals surface area contributed by atoms with Gasteiger partial charge in [-0.15, -0.1) is 0 Å². The van der Waals surface area contributed by atoms with Gasteiger partial charge in [0.2, 0.25) is 0 Å². The number of hydrogen-bond donors (Lipinski definition) is 0. The number of rotatable bonds is 4. The Morgan fingerprint density at radius 1 is 0.392 bits per heavy atom. The van der Waals surface area contributed by atoms with Crippen molar-refractivity contribution in [1.29, 1.82) is 0 Å². The predicted molar refractivity (Wildman–Crippen MR) is 207 cm³/mol. The summed E-state index contributed by atoms with van der Waals surface area (Å²) >= 11 is 0. The van der Waals surface area contributed by atoms with Crippen LogP contribution in [0.2, 0.25) is 0 Å². The molecule has 6 nitrogen and oxygen atoms in total. The Hall–Kier alpha value is -7.05. The van der Waals surface area contributed by atoms with Crippen LogP contribution in [0.5, 0.6) is 0 Å². The van der Waals surface area contributed by atoms with Gasteiger partial charge in [0.1, 0.15) is 16.7 Å². The molecule has 6 aromatic heterocycles. The molecule has 6 heteroatoms. The van der Waals surface area contributed by atoms with Crippen molar-refractivity contribution in [3.8, 4) is 33.9 Å². The lowest BCUT2D eigenvalue weighted by atomic mass is 10.1. The summed E-state index contributed by atoms with van der Waals surface area (Å²) < 4.78 is 11.7. The third-order valence-electron chi connectivity index (χ3n) is 10.1. The fourth-order valence-electron chi connectivity index (χ4n) is 7.89. The van der Waals surface area contributed by atoms with Crippen molar-refractivity contribution in [1.82, 2.24) is 24.1 Å². The number of benzene rings is 5. The lowest BCUT2D eigenvalue weighted by molar-refractivity contribution is 0.677. The molecule has 0 saturated carbocycles. The Bertz CT molecular complexity index is 2920. The van der Waals surface area contributed by atoms with Crippen LogP contribution in [-0.2, 0) is 0 Å². The van der Waals surface area contributed by atoms with Crippen LogP contribution in [0.1, 0.15) is 0 Å². The second kappa shape index (κ2) is 10.7. The Labute approximate surface area is 291 Å². The highest BCUT2D eigenvalue weighted by atomic mass is 16.3. The van der Waals surface area contributed by atoms with Crippen LogP contribution in [0.15, 0.2) is 169 Å². The summed E-state index contributed by atoms with van der Waals surface area (Å²) in [4.78, 5) is 14.2. The molecule has 11 aromatic rings. The van der Waals surface area contributed by atoms with Crippen molar-refractivity contribution >= 4 is 65.7 Å². The lowest BCUT2D eigenvalue weighted by Crippen LogP contribution is -1.94. The summed E-state index contributed by atoms with van der Waals surface area (Å²) in [6.45, 7) is 0. The summed E-state index contributed by atoms with van der Waals surface area (Å²) in [7, 11) is 0. The molecule has 6 heterocycles. The zero-order valence-corrected chi connectivity index (χ0v) is 27.2. The number of hydrogen-bond acceptors (Lipinski definition) is 4. The zero-order chi connectivity index (χ0) is 33.5. The molecule has 0 spiro atoms. The van der Waals surface area contributed by atoms with Crippen LogP contribution < -0.4 is 0 Å². The van der Waals surface area contributed by atoms with E-state index in [-0.39, 0.29) is 0 Å². The molecule has 0 N–H and O–H groups in total. The van der Waals surface area contributed by atoms with E-state index in [1.165, 1.54) is 0 Å². The largest absolute Gasteiger partial charge is 0.455 e. The second-order valence-corrected chi connectivity index (χ2v) is 12.9. The minimum Gasteiger partial charge on any atom is -0.455 e. The van der Waals surface area contributed by atoms with E-state index in [0.717, 1.165) is 99.6 Å². The van der Waals surface area contributed by atoms with Gasteiger partial charge in [-0.1, -0.05) is 54.6 Å². The molecule has 11 rings (SSSR count). The Balaban J connectivity index is 1.19. The first-order valence-corrected chi connectivity index (χ1v) is 17.0. The van der Waals surface area contributed by atoms with Gasteiger partial charge in [-0.3, -0.25) is 15.0 Å². The van der Waals surface area contributed by atoms with Crippen LogP contribution in [-0.4, -0.2) is 24.1 Å². The van der Waals surface area contributed by atoms with Gasteiger partial charge in [0.15, 0.2) is 0 Å². The first-order valence-electron chi connectivity index (χ1n) is 17.0. The highest BCUT2D eigenvalue weighted by molar-refractivity contribution is 6.28. The minimum atomic E-state index is 0.840. The van der Waals surface area contributed by atoms with E-state index < -0.39 is 0 Å². The van der Waals surface area contributed by atoms with Crippen LogP contribution in [0.25, 0.3) is 99.6 Å². The summed E-state index contributed by atoms with van der Waals surface area (Å²) in [5, 5.41) is 5.39. The number of aromatic nitrogens is 5. The van der Waals surface area contributed by atoms with Crippen LogP contribution in [0.3, 0.4) is 0 Å². The van der Waals surface area contributed by atoms with Crippen LogP contribution in [0, 0.1) is 0 Å². The molecule has 0 saturated heterocycles. The smallest absolute Gasteiger partial charge is 0.147 e. The highest BCUT2D eigenvalue weighted by Gasteiger charge is 2.23. The molecule has 0 radical (unpaired) electrons. The summed E-state index contributed by atoms with van der Waals surface area (Å²) in [5.41, 5.74) is 13.0. The quantitative estimate of drug-likeness (QED) is 0.190. The van der Waals surface area contributed by atoms with E-state index in [1.54, 1.807) is 0 Å². The van der Waals surface area contributed by atoms with E-state index in [4.69, 9.17) is 9.40 Å². The van der Waals surface area contributed by atoms with Gasteiger partial charge < -0.3 is 13.6 Å². The van der Waals surface area contributed by atoms with Gasteiger partial charge in [0.05, 0.1) is 44.2 Å². The molecule has 0 bridgehead atoms. The monoisotopic (exact) mass is 653 g/mol. The molecule has 5 aromatic carbocycles. The molecular formula is C45H27N5O. The van der Waals surface area contributed by atoms with E-state index in [9.17, 15) is 0 Å². The summed E-state index contributed by atoms with van der Waals surface area (Å²) in [6, 6.07) is 50.7. The fourth-order valence-corrected chi connectivity index (χ4v) is 7.89. The van der Waals surface area contributed by atoms with E-state index in [2.05, 4.69) is 122 Å². The van der Waals surface area contributed by atoms with Crippen molar-refractivity contribution in [2.75, 3.05) is 0 Å². The standard InChI is InChI=1S/C45H27N5O/c1-2-17-37-34(14-1)41-38(49(37)30-12-7-10-28(26-30)35-15-3-5-23-46-35)21-19-32-33-20-22-39-42(45(33)51-44(32)41)43-40(18-9-25-48-43)50(39)31-13-8-11-29(27-31)36-16-4-6-24-47-36/h1-27H. The van der Waals surface area contributed by atoms with Gasteiger partial charge >= 0.3 is 0 Å². The number of nitrogens with zero attached hydrogens (tertiary/aromatic N) is 5. The highest BCUT2D eigenvalue weighted by Crippen LogP contribution is 2.44. The molecule has 0 fully saturated rings. The van der Waals surface area contributed by atoms with E-state index >= 15 is 0 Å². The summed E-state index contributed by atoms with van der Waals surface area (Å²) in [5.74, 6) is 0. The normalized spacial score (nSPS) is 11.9. The number of para-hydroxylation sites is 1. The molecule has 0 aliphatic rings. The van der Waals surface area contributed by atoms with Crippen molar-refractivity contribution in [2.24, 2.45) is 0 Å². The van der Waals surface area contributed by atoms with Crippen molar-refractivity contribution in [3.63, 3.8) is 0 Å². The average molecular weight is 654 g/mol. The maximum atomic E-state index is 7.09. The van der Waals surface area contributed by atoms with Gasteiger partial charge in [-0.05, 0) is 91.0 Å². The third kappa shape index (κ3) is 4.07. The molecule has 0 unspecified atom stereocenters. The lowest BCUT2D eigenvalue weighted by Gasteiger charge is -2.10. The number of pyridine rings is 3. The maximum absolute atomic E-state index is 7.09.